The molecule has 1 aliphatic rings. The number of nitrogens with one attached hydrogen (secondary N) is 2. The SMILES string of the molecule is O=C(Nc1ccc2nc(CC(=O)C3(c4cccc(C(F)(F)F)c4)CCC3)[nH]c2c1)c1cscn1. The number of anilines is 1. The van der Waals surface area contributed by atoms with Crippen LogP contribution in [0.3, 0.4) is 0 Å². The Hall–Kier alpha value is -3.53. The smallest absolute Gasteiger partial charge is 0.342 e. The molecule has 6 nitrogen and oxygen atoms in total. The lowest BCUT2D eigenvalue weighted by Gasteiger charge is -2.41. The topological polar surface area (TPSA) is 87.7 Å². The van der Waals surface area contributed by atoms with Crippen molar-refractivity contribution in [2.45, 2.75) is 37.3 Å². The molecule has 2 aromatic heterocycles. The molecule has 4 aromatic rings. The Morgan fingerprint density at radius 3 is 2.65 bits per heavy atom. The van der Waals surface area contributed by atoms with Gasteiger partial charge in [-0.15, -0.1) is 11.3 Å². The van der Waals surface area contributed by atoms with Crippen LogP contribution in [0.5, 0.6) is 0 Å². The molecule has 0 bridgehead atoms. The van der Waals surface area contributed by atoms with Crippen LogP contribution in [0.1, 0.15) is 46.7 Å². The number of rotatable bonds is 6. The van der Waals surface area contributed by atoms with Crippen LogP contribution in [0, 0.1) is 0 Å². The van der Waals surface area contributed by atoms with Gasteiger partial charge in [0.05, 0.1) is 33.9 Å². The average Bonchev–Trinajstić information content (AvgIpc) is 3.42. The molecule has 0 spiro atoms. The highest BCUT2D eigenvalue weighted by Crippen LogP contribution is 2.46. The molecule has 10 heteroatoms. The van der Waals surface area contributed by atoms with Crippen molar-refractivity contribution in [2.75, 3.05) is 5.32 Å². The highest BCUT2D eigenvalue weighted by Gasteiger charge is 2.46. The molecule has 0 radical (unpaired) electrons. The molecule has 0 unspecified atom stereocenters. The number of aromatic nitrogens is 3. The second-order valence-corrected chi connectivity index (χ2v) is 9.08. The van der Waals surface area contributed by atoms with E-state index in [0.29, 0.717) is 46.6 Å². The van der Waals surface area contributed by atoms with Crippen LogP contribution in [0.15, 0.2) is 53.4 Å². The predicted molar refractivity (Wildman–Crippen MR) is 122 cm³/mol. The molecule has 5 rings (SSSR count). The molecule has 0 saturated heterocycles. The van der Waals surface area contributed by atoms with E-state index < -0.39 is 17.2 Å². The number of nitrogens with zero attached hydrogens (tertiary/aromatic N) is 2. The van der Waals surface area contributed by atoms with Crippen LogP contribution in [0.2, 0.25) is 0 Å². The number of imidazole rings is 1. The second-order valence-electron chi connectivity index (χ2n) is 8.36. The fraction of sp³-hybridized carbons (Fsp3) is 0.250. The van der Waals surface area contributed by atoms with Gasteiger partial charge in [0.2, 0.25) is 0 Å². The summed E-state index contributed by atoms with van der Waals surface area (Å²) in [5.74, 6) is -0.0565. The number of fused-ring (bicyclic) bond motifs is 1. The minimum Gasteiger partial charge on any atom is -0.342 e. The predicted octanol–water partition coefficient (Wildman–Crippen LogP) is 5.52. The number of aromatic amines is 1. The zero-order valence-corrected chi connectivity index (χ0v) is 18.6. The van der Waals surface area contributed by atoms with E-state index in [-0.39, 0.29) is 18.1 Å². The largest absolute Gasteiger partial charge is 0.416 e. The lowest BCUT2D eigenvalue weighted by Crippen LogP contribution is -2.43. The van der Waals surface area contributed by atoms with Gasteiger partial charge in [-0.05, 0) is 42.7 Å². The van der Waals surface area contributed by atoms with Gasteiger partial charge in [0.15, 0.2) is 5.78 Å². The Balaban J connectivity index is 1.36. The van der Waals surface area contributed by atoms with Gasteiger partial charge >= 0.3 is 6.18 Å². The Kier molecular flexibility index (Phi) is 5.47. The molecule has 2 N–H and O–H groups in total. The van der Waals surface area contributed by atoms with Crippen molar-refractivity contribution in [1.82, 2.24) is 15.0 Å². The minimum absolute atomic E-state index is 0.0224. The summed E-state index contributed by atoms with van der Waals surface area (Å²) in [7, 11) is 0. The fourth-order valence-electron chi connectivity index (χ4n) is 4.32. The molecule has 1 fully saturated rings. The summed E-state index contributed by atoms with van der Waals surface area (Å²) in [6, 6.07) is 10.2. The Labute approximate surface area is 196 Å². The average molecular weight is 485 g/mol. The van der Waals surface area contributed by atoms with E-state index in [1.54, 1.807) is 35.2 Å². The summed E-state index contributed by atoms with van der Waals surface area (Å²) < 4.78 is 39.6. The Morgan fingerprint density at radius 2 is 1.97 bits per heavy atom. The standard InChI is InChI=1S/C24H19F3N4O2S/c25-24(26,27)15-4-1-3-14(9-15)23(7-2-8-23)20(32)11-21-30-17-6-5-16(10-18(17)31-21)29-22(33)19-12-34-13-28-19/h1,3-6,9-10,12-13H,2,7-8,11H2,(H,29,33)(H,30,31). The Morgan fingerprint density at radius 1 is 1.15 bits per heavy atom. The van der Waals surface area contributed by atoms with E-state index in [9.17, 15) is 22.8 Å². The molecular weight excluding hydrogens is 465 g/mol. The lowest BCUT2D eigenvalue weighted by atomic mass is 9.61. The first kappa shape index (κ1) is 22.3. The van der Waals surface area contributed by atoms with Gasteiger partial charge in [0.25, 0.3) is 5.91 Å². The molecule has 174 valence electrons. The summed E-state index contributed by atoms with van der Waals surface area (Å²) in [5, 5.41) is 4.41. The molecule has 0 aliphatic heterocycles. The monoisotopic (exact) mass is 484 g/mol. The highest BCUT2D eigenvalue weighted by atomic mass is 32.1. The van der Waals surface area contributed by atoms with Crippen molar-refractivity contribution in [3.63, 3.8) is 0 Å². The fourth-order valence-corrected chi connectivity index (χ4v) is 4.85. The third-order valence-corrected chi connectivity index (χ3v) is 6.85. The summed E-state index contributed by atoms with van der Waals surface area (Å²) >= 11 is 1.32. The van der Waals surface area contributed by atoms with Crippen LogP contribution < -0.4 is 5.32 Å². The van der Waals surface area contributed by atoms with Crippen molar-refractivity contribution in [2.24, 2.45) is 0 Å². The molecule has 0 atom stereocenters. The normalized spacial score (nSPS) is 15.1. The van der Waals surface area contributed by atoms with Crippen molar-refractivity contribution in [3.05, 3.63) is 76.0 Å². The molecule has 1 amide bonds. The number of ketones is 1. The van der Waals surface area contributed by atoms with Crippen LogP contribution >= 0.6 is 11.3 Å². The maximum absolute atomic E-state index is 13.3. The Bertz CT molecular complexity index is 1370. The summed E-state index contributed by atoms with van der Waals surface area (Å²) in [6.07, 6.45) is -2.68. The number of carbonyl (C=O) groups is 2. The first-order valence-corrected chi connectivity index (χ1v) is 11.6. The van der Waals surface area contributed by atoms with Gasteiger partial charge < -0.3 is 10.3 Å². The molecule has 2 aromatic carbocycles. The third kappa shape index (κ3) is 4.09. The summed E-state index contributed by atoms with van der Waals surface area (Å²) in [4.78, 5) is 37.1. The van der Waals surface area contributed by atoms with Gasteiger partial charge in [-0.3, -0.25) is 9.59 Å². The maximum Gasteiger partial charge on any atom is 0.416 e. The number of Topliss-reactive ketones (excluding diaryl/α,β-unsaturated/α-hetero) is 1. The van der Waals surface area contributed by atoms with Crippen LogP contribution in [0.4, 0.5) is 18.9 Å². The van der Waals surface area contributed by atoms with Crippen molar-refractivity contribution < 1.29 is 22.8 Å². The van der Waals surface area contributed by atoms with Gasteiger partial charge in [0, 0.05) is 11.1 Å². The van der Waals surface area contributed by atoms with E-state index in [2.05, 4.69) is 20.3 Å². The van der Waals surface area contributed by atoms with Gasteiger partial charge in [-0.1, -0.05) is 24.6 Å². The maximum atomic E-state index is 13.3. The second kappa shape index (κ2) is 8.35. The lowest BCUT2D eigenvalue weighted by molar-refractivity contribution is -0.138. The number of thiazole rings is 1. The number of hydrogen-bond donors (Lipinski definition) is 2. The summed E-state index contributed by atoms with van der Waals surface area (Å²) in [6.45, 7) is 0. The molecule has 34 heavy (non-hydrogen) atoms. The van der Waals surface area contributed by atoms with Crippen LogP contribution in [-0.2, 0) is 22.8 Å². The van der Waals surface area contributed by atoms with Crippen LogP contribution in [0.25, 0.3) is 11.0 Å². The first-order chi connectivity index (χ1) is 16.2. The molecule has 1 aliphatic carbocycles. The van der Waals surface area contributed by atoms with Crippen molar-refractivity contribution in [3.8, 4) is 0 Å². The minimum atomic E-state index is -4.46. The van der Waals surface area contributed by atoms with E-state index in [4.69, 9.17) is 0 Å². The molecular formula is C24H19F3N4O2S. The molecule has 1 saturated carbocycles. The number of benzene rings is 2. The van der Waals surface area contributed by atoms with Crippen molar-refractivity contribution >= 4 is 39.7 Å². The number of amides is 1. The van der Waals surface area contributed by atoms with Gasteiger partial charge in [0.1, 0.15) is 11.5 Å². The van der Waals surface area contributed by atoms with Crippen molar-refractivity contribution in [1.29, 1.82) is 0 Å². The number of alkyl halides is 3. The van der Waals surface area contributed by atoms with Gasteiger partial charge in [-0.2, -0.15) is 13.2 Å². The summed E-state index contributed by atoms with van der Waals surface area (Å²) in [5.41, 5.74) is 2.43. The van der Waals surface area contributed by atoms with E-state index in [0.717, 1.165) is 18.6 Å². The number of H-pyrrole nitrogens is 1. The van der Waals surface area contributed by atoms with E-state index in [1.807, 2.05) is 0 Å². The quantitative estimate of drug-likeness (QED) is 0.377. The number of halogens is 3. The highest BCUT2D eigenvalue weighted by molar-refractivity contribution is 7.07. The van der Waals surface area contributed by atoms with E-state index in [1.165, 1.54) is 17.4 Å². The zero-order valence-electron chi connectivity index (χ0n) is 17.8. The van der Waals surface area contributed by atoms with E-state index >= 15 is 0 Å². The van der Waals surface area contributed by atoms with Crippen LogP contribution in [-0.4, -0.2) is 26.6 Å². The molecule has 2 heterocycles. The zero-order chi connectivity index (χ0) is 23.9. The van der Waals surface area contributed by atoms with Gasteiger partial charge in [-0.25, -0.2) is 9.97 Å². The first-order valence-electron chi connectivity index (χ1n) is 10.6. The third-order valence-electron chi connectivity index (χ3n) is 6.27. The number of carbonyl (C=O) groups excluding carboxylic acids is 2. The number of hydrogen-bond acceptors (Lipinski definition) is 5.